The van der Waals surface area contributed by atoms with Crippen molar-refractivity contribution >= 4 is 57.4 Å². The zero-order valence-electron chi connectivity index (χ0n) is 9.05. The molecular formula is C11H6Cl3IN2O. The molecule has 0 aliphatic rings. The van der Waals surface area contributed by atoms with Crippen molar-refractivity contribution in [2.45, 2.75) is 0 Å². The molecule has 0 N–H and O–H groups in total. The molecule has 0 unspecified atom stereocenters. The first kappa shape index (κ1) is 14.1. The summed E-state index contributed by atoms with van der Waals surface area (Å²) in [6, 6.07) is 5.23. The van der Waals surface area contributed by atoms with E-state index in [1.165, 1.54) is 0 Å². The summed E-state index contributed by atoms with van der Waals surface area (Å²) in [5.41, 5.74) is 0.723. The topological polar surface area (TPSA) is 35.0 Å². The van der Waals surface area contributed by atoms with Gasteiger partial charge in [0.05, 0.1) is 15.7 Å². The second-order valence-electron chi connectivity index (χ2n) is 3.29. The summed E-state index contributed by atoms with van der Waals surface area (Å²) < 4.78 is 5.70. The number of halogens is 4. The molecule has 0 amide bonds. The molecule has 1 heterocycles. The Labute approximate surface area is 133 Å². The van der Waals surface area contributed by atoms with Crippen molar-refractivity contribution in [3.05, 3.63) is 37.1 Å². The molecule has 0 fully saturated rings. The van der Waals surface area contributed by atoms with Crippen molar-refractivity contribution in [1.82, 2.24) is 9.97 Å². The molecule has 1 aromatic carbocycles. The van der Waals surface area contributed by atoms with Gasteiger partial charge in [-0.25, -0.2) is 9.97 Å². The van der Waals surface area contributed by atoms with Gasteiger partial charge in [-0.2, -0.15) is 0 Å². The Hall–Kier alpha value is -0.300. The minimum Gasteiger partial charge on any atom is -0.495 e. The monoisotopic (exact) mass is 414 g/mol. The van der Waals surface area contributed by atoms with E-state index >= 15 is 0 Å². The van der Waals surface area contributed by atoms with Gasteiger partial charge in [0.2, 0.25) is 0 Å². The molecule has 2 aromatic rings. The smallest absolute Gasteiger partial charge is 0.162 e. The minimum atomic E-state index is 0.317. The first-order valence-corrected chi connectivity index (χ1v) is 6.96. The average molecular weight is 415 g/mol. The van der Waals surface area contributed by atoms with Gasteiger partial charge in [0, 0.05) is 5.56 Å². The van der Waals surface area contributed by atoms with Crippen LogP contribution in [0, 0.1) is 3.57 Å². The van der Waals surface area contributed by atoms with Crippen LogP contribution in [0.1, 0.15) is 0 Å². The third-order valence-electron chi connectivity index (χ3n) is 2.18. The van der Waals surface area contributed by atoms with Gasteiger partial charge in [-0.15, -0.1) is 0 Å². The third kappa shape index (κ3) is 2.82. The lowest BCUT2D eigenvalue weighted by molar-refractivity contribution is 0.415. The fourth-order valence-electron chi connectivity index (χ4n) is 1.33. The normalized spacial score (nSPS) is 10.5. The molecule has 18 heavy (non-hydrogen) atoms. The average Bonchev–Trinajstić information content (AvgIpc) is 2.35. The van der Waals surface area contributed by atoms with Crippen molar-refractivity contribution in [2.75, 3.05) is 7.11 Å². The van der Waals surface area contributed by atoms with E-state index in [-0.39, 0.29) is 0 Å². The van der Waals surface area contributed by atoms with Crippen molar-refractivity contribution in [3.8, 4) is 17.1 Å². The van der Waals surface area contributed by atoms with E-state index in [2.05, 4.69) is 9.97 Å². The van der Waals surface area contributed by atoms with Gasteiger partial charge in [-0.1, -0.05) is 34.8 Å². The highest BCUT2D eigenvalue weighted by atomic mass is 127. The Morgan fingerprint density at radius 2 is 1.72 bits per heavy atom. The number of hydrogen-bond donors (Lipinski definition) is 0. The number of hydrogen-bond acceptors (Lipinski definition) is 3. The van der Waals surface area contributed by atoms with Crippen LogP contribution in [-0.4, -0.2) is 17.1 Å². The van der Waals surface area contributed by atoms with E-state index in [0.29, 0.717) is 30.5 Å². The van der Waals surface area contributed by atoms with Crippen LogP contribution in [0.25, 0.3) is 11.4 Å². The van der Waals surface area contributed by atoms with E-state index < -0.39 is 0 Å². The fourth-order valence-corrected chi connectivity index (χ4v) is 2.22. The van der Waals surface area contributed by atoms with Crippen molar-refractivity contribution in [3.63, 3.8) is 0 Å². The third-order valence-corrected chi connectivity index (χ3v) is 4.68. The summed E-state index contributed by atoms with van der Waals surface area (Å²) >= 11 is 20.0. The zero-order valence-corrected chi connectivity index (χ0v) is 13.5. The fraction of sp³-hybridized carbons (Fsp3) is 0.0909. The first-order valence-electron chi connectivity index (χ1n) is 4.75. The molecule has 2 rings (SSSR count). The summed E-state index contributed by atoms with van der Waals surface area (Å²) in [6.07, 6.45) is 0. The lowest BCUT2D eigenvalue weighted by Gasteiger charge is -2.06. The highest BCUT2D eigenvalue weighted by Gasteiger charge is 2.12. The van der Waals surface area contributed by atoms with Gasteiger partial charge < -0.3 is 4.74 Å². The minimum absolute atomic E-state index is 0.317. The van der Waals surface area contributed by atoms with E-state index in [9.17, 15) is 0 Å². The predicted octanol–water partition coefficient (Wildman–Crippen LogP) is 4.72. The molecule has 0 saturated carbocycles. The Bertz CT molecular complexity index is 584. The maximum Gasteiger partial charge on any atom is 0.162 e. The van der Waals surface area contributed by atoms with Crippen molar-refractivity contribution in [2.24, 2.45) is 0 Å². The predicted molar refractivity (Wildman–Crippen MR) is 81.8 cm³/mol. The van der Waals surface area contributed by atoms with Gasteiger partial charge in [0.25, 0.3) is 0 Å². The second kappa shape index (κ2) is 5.77. The molecular weight excluding hydrogens is 409 g/mol. The maximum atomic E-state index is 6.04. The number of methoxy groups -OCH3 is 1. The number of aromatic nitrogens is 2. The molecule has 1 aromatic heterocycles. The van der Waals surface area contributed by atoms with Crippen LogP contribution in [0.15, 0.2) is 18.2 Å². The second-order valence-corrected chi connectivity index (χ2v) is 5.49. The molecule has 0 atom stereocenters. The molecule has 0 aliphatic carbocycles. The van der Waals surface area contributed by atoms with Gasteiger partial charge in [-0.05, 0) is 40.8 Å². The van der Waals surface area contributed by atoms with Crippen LogP contribution in [-0.2, 0) is 0 Å². The van der Waals surface area contributed by atoms with Crippen molar-refractivity contribution < 1.29 is 4.74 Å². The van der Waals surface area contributed by atoms with Crippen LogP contribution in [0.3, 0.4) is 0 Å². The molecule has 0 spiro atoms. The molecule has 0 bridgehead atoms. The van der Waals surface area contributed by atoms with Gasteiger partial charge in [0.1, 0.15) is 16.1 Å². The van der Waals surface area contributed by atoms with E-state index in [1.807, 2.05) is 22.6 Å². The molecule has 7 heteroatoms. The Morgan fingerprint density at radius 1 is 1.11 bits per heavy atom. The van der Waals surface area contributed by atoms with Gasteiger partial charge in [0.15, 0.2) is 5.82 Å². The summed E-state index contributed by atoms with van der Waals surface area (Å²) in [6.45, 7) is 0. The van der Waals surface area contributed by atoms with Gasteiger partial charge >= 0.3 is 0 Å². The summed E-state index contributed by atoms with van der Waals surface area (Å²) in [5.74, 6) is 1.01. The quantitative estimate of drug-likeness (QED) is 0.526. The van der Waals surface area contributed by atoms with Crippen LogP contribution >= 0.6 is 57.4 Å². The highest BCUT2D eigenvalue weighted by Crippen LogP contribution is 2.31. The number of ether oxygens (including phenoxy) is 1. The number of nitrogens with zero attached hydrogens (tertiary/aromatic N) is 2. The van der Waals surface area contributed by atoms with E-state index in [1.54, 1.807) is 25.3 Å². The molecule has 0 aliphatic heterocycles. The maximum absolute atomic E-state index is 6.04. The highest BCUT2D eigenvalue weighted by molar-refractivity contribution is 14.1. The summed E-state index contributed by atoms with van der Waals surface area (Å²) in [4.78, 5) is 8.33. The number of rotatable bonds is 2. The Kier molecular flexibility index (Phi) is 4.53. The van der Waals surface area contributed by atoms with Crippen LogP contribution < -0.4 is 4.74 Å². The Balaban J connectivity index is 2.52. The SMILES string of the molecule is COc1ccc(-c2nc(Cl)c(I)c(Cl)n2)cc1Cl. The van der Waals surface area contributed by atoms with Crippen LogP contribution in [0.2, 0.25) is 15.3 Å². The lowest BCUT2D eigenvalue weighted by Crippen LogP contribution is -1.94. The Morgan fingerprint density at radius 3 is 2.22 bits per heavy atom. The molecule has 94 valence electrons. The lowest BCUT2D eigenvalue weighted by atomic mass is 10.2. The standard InChI is InChI=1S/C11H6Cl3IN2O/c1-18-7-3-2-5(4-6(7)12)11-16-9(13)8(15)10(14)17-11/h2-4H,1H3. The zero-order chi connectivity index (χ0) is 13.3. The van der Waals surface area contributed by atoms with Gasteiger partial charge in [-0.3, -0.25) is 0 Å². The largest absolute Gasteiger partial charge is 0.495 e. The van der Waals surface area contributed by atoms with Crippen LogP contribution in [0.5, 0.6) is 5.75 Å². The van der Waals surface area contributed by atoms with Crippen LogP contribution in [0.4, 0.5) is 0 Å². The molecule has 3 nitrogen and oxygen atoms in total. The summed E-state index contributed by atoms with van der Waals surface area (Å²) in [5, 5.41) is 1.11. The molecule has 0 radical (unpaired) electrons. The number of benzene rings is 1. The molecule has 0 saturated heterocycles. The van der Waals surface area contributed by atoms with Crippen molar-refractivity contribution in [1.29, 1.82) is 0 Å². The van der Waals surface area contributed by atoms with E-state index in [4.69, 9.17) is 39.5 Å². The van der Waals surface area contributed by atoms with E-state index in [0.717, 1.165) is 5.56 Å². The first-order chi connectivity index (χ1) is 8.52. The summed E-state index contributed by atoms with van der Waals surface area (Å²) in [7, 11) is 1.55.